The van der Waals surface area contributed by atoms with Gasteiger partial charge in [0.05, 0.1) is 27.4 Å². The molecule has 0 aliphatic heterocycles. The Morgan fingerprint density at radius 1 is 1.26 bits per heavy atom. The number of primary amides is 1. The molecule has 1 aromatic carbocycles. The van der Waals surface area contributed by atoms with Gasteiger partial charge in [-0.1, -0.05) is 17.7 Å². The molecule has 19 heavy (non-hydrogen) atoms. The minimum absolute atomic E-state index is 0.409. The Kier molecular flexibility index (Phi) is 2.93. The summed E-state index contributed by atoms with van der Waals surface area (Å²) >= 11 is 7.72. The van der Waals surface area contributed by atoms with Crippen molar-refractivity contribution in [3.63, 3.8) is 0 Å². The van der Waals surface area contributed by atoms with Crippen LogP contribution in [-0.4, -0.2) is 15.9 Å². The van der Waals surface area contributed by atoms with Crippen LogP contribution >= 0.6 is 22.9 Å². The topological polar surface area (TPSA) is 68.9 Å². The minimum atomic E-state index is -0.487. The van der Waals surface area contributed by atoms with E-state index in [1.54, 1.807) is 29.8 Å². The van der Waals surface area contributed by atoms with Gasteiger partial charge in [-0.3, -0.25) is 4.79 Å². The number of carbonyl (C=O) groups is 1. The van der Waals surface area contributed by atoms with E-state index < -0.39 is 5.91 Å². The Labute approximate surface area is 117 Å². The Balaban J connectivity index is 2.25. The van der Waals surface area contributed by atoms with E-state index in [1.165, 1.54) is 11.3 Å². The summed E-state index contributed by atoms with van der Waals surface area (Å²) in [7, 11) is 0. The number of hydrogen-bond donors (Lipinski definition) is 1. The third-order valence-electron chi connectivity index (χ3n) is 2.74. The van der Waals surface area contributed by atoms with E-state index in [9.17, 15) is 4.79 Å². The zero-order valence-corrected chi connectivity index (χ0v) is 11.2. The van der Waals surface area contributed by atoms with Crippen molar-refractivity contribution in [2.45, 2.75) is 0 Å². The van der Waals surface area contributed by atoms with Crippen LogP contribution in [0.15, 0.2) is 35.2 Å². The van der Waals surface area contributed by atoms with E-state index >= 15 is 0 Å². The van der Waals surface area contributed by atoms with Crippen molar-refractivity contribution in [1.82, 2.24) is 9.97 Å². The highest BCUT2D eigenvalue weighted by Gasteiger charge is 2.09. The van der Waals surface area contributed by atoms with Crippen LogP contribution in [0.25, 0.3) is 22.3 Å². The highest BCUT2D eigenvalue weighted by molar-refractivity contribution is 7.07. The molecule has 2 aromatic heterocycles. The maximum atomic E-state index is 11.2. The summed E-state index contributed by atoms with van der Waals surface area (Å²) in [5.41, 5.74) is 9.48. The lowest BCUT2D eigenvalue weighted by Crippen LogP contribution is -2.10. The number of hydrogen-bond acceptors (Lipinski definition) is 4. The predicted molar refractivity (Wildman–Crippen MR) is 76.4 cm³/mol. The molecule has 94 valence electrons. The van der Waals surface area contributed by atoms with Gasteiger partial charge in [0, 0.05) is 16.3 Å². The first-order chi connectivity index (χ1) is 9.15. The van der Waals surface area contributed by atoms with Crippen LogP contribution in [0.3, 0.4) is 0 Å². The summed E-state index contributed by atoms with van der Waals surface area (Å²) in [5, 5.41) is 3.25. The third-order valence-corrected chi connectivity index (χ3v) is 3.64. The van der Waals surface area contributed by atoms with Crippen LogP contribution in [0.5, 0.6) is 0 Å². The zero-order valence-electron chi connectivity index (χ0n) is 9.63. The average Bonchev–Trinajstić information content (AvgIpc) is 2.91. The fourth-order valence-corrected chi connectivity index (χ4v) is 2.62. The third kappa shape index (κ3) is 2.18. The summed E-state index contributed by atoms with van der Waals surface area (Å²) in [6, 6.07) is 6.79. The highest BCUT2D eigenvalue weighted by atomic mass is 35.5. The fraction of sp³-hybridized carbons (Fsp3) is 0. The summed E-state index contributed by atoms with van der Waals surface area (Å²) in [6.07, 6.45) is 0. The summed E-state index contributed by atoms with van der Waals surface area (Å²) in [6.45, 7) is 0. The number of pyridine rings is 1. The average molecular weight is 290 g/mol. The Bertz CT molecular complexity index is 771. The van der Waals surface area contributed by atoms with Gasteiger partial charge in [-0.05, 0) is 18.2 Å². The molecule has 0 atom stereocenters. The van der Waals surface area contributed by atoms with Gasteiger partial charge in [0.15, 0.2) is 0 Å². The number of amides is 1. The smallest absolute Gasteiger partial charge is 0.248 e. The van der Waals surface area contributed by atoms with Crippen LogP contribution in [0, 0.1) is 0 Å². The highest BCUT2D eigenvalue weighted by Crippen LogP contribution is 2.28. The molecule has 1 amide bonds. The summed E-state index contributed by atoms with van der Waals surface area (Å²) < 4.78 is 0. The molecule has 2 heterocycles. The van der Waals surface area contributed by atoms with Gasteiger partial charge in [-0.15, -0.1) is 11.3 Å². The quantitative estimate of drug-likeness (QED) is 0.788. The van der Waals surface area contributed by atoms with Crippen molar-refractivity contribution in [3.8, 4) is 11.4 Å². The molecular weight excluding hydrogens is 282 g/mol. The largest absolute Gasteiger partial charge is 0.366 e. The summed E-state index contributed by atoms with van der Waals surface area (Å²) in [5.74, 6) is -0.487. The second-order valence-corrected chi connectivity index (χ2v) is 5.09. The number of thiazole rings is 1. The first-order valence-corrected chi connectivity index (χ1v) is 6.76. The van der Waals surface area contributed by atoms with Crippen LogP contribution in [0.2, 0.25) is 5.02 Å². The van der Waals surface area contributed by atoms with Crippen LogP contribution < -0.4 is 5.73 Å². The molecular formula is C13H8ClN3OS. The molecule has 0 radical (unpaired) electrons. The van der Waals surface area contributed by atoms with Crippen molar-refractivity contribution in [2.24, 2.45) is 5.73 Å². The SMILES string of the molecule is NC(=O)c1ccc2c(Cl)cc(-c3cscn3)nc2c1. The first kappa shape index (κ1) is 12.1. The molecule has 0 bridgehead atoms. The van der Waals surface area contributed by atoms with E-state index in [0.717, 1.165) is 11.1 Å². The van der Waals surface area contributed by atoms with Gasteiger partial charge < -0.3 is 5.73 Å². The molecule has 0 saturated heterocycles. The van der Waals surface area contributed by atoms with Crippen molar-refractivity contribution < 1.29 is 4.79 Å². The normalized spacial score (nSPS) is 10.8. The lowest BCUT2D eigenvalue weighted by molar-refractivity contribution is 0.100. The van der Waals surface area contributed by atoms with Crippen molar-refractivity contribution >= 4 is 39.7 Å². The predicted octanol–water partition coefficient (Wildman–Crippen LogP) is 3.11. The number of halogens is 1. The van der Waals surface area contributed by atoms with E-state index in [1.807, 2.05) is 5.38 Å². The second-order valence-electron chi connectivity index (χ2n) is 3.96. The van der Waals surface area contributed by atoms with Crippen molar-refractivity contribution in [2.75, 3.05) is 0 Å². The fourth-order valence-electron chi connectivity index (χ4n) is 1.81. The maximum absolute atomic E-state index is 11.2. The molecule has 0 fully saturated rings. The lowest BCUT2D eigenvalue weighted by Gasteiger charge is -2.05. The van der Waals surface area contributed by atoms with E-state index in [2.05, 4.69) is 9.97 Å². The van der Waals surface area contributed by atoms with Gasteiger partial charge >= 0.3 is 0 Å². The molecule has 6 heteroatoms. The number of nitrogens with two attached hydrogens (primary N) is 1. The molecule has 0 spiro atoms. The zero-order chi connectivity index (χ0) is 13.4. The molecule has 3 rings (SSSR count). The number of aromatic nitrogens is 2. The Morgan fingerprint density at radius 2 is 2.11 bits per heavy atom. The van der Waals surface area contributed by atoms with E-state index in [-0.39, 0.29) is 0 Å². The Hall–Kier alpha value is -1.98. The monoisotopic (exact) mass is 289 g/mol. The molecule has 0 aliphatic rings. The molecule has 3 aromatic rings. The standard InChI is InChI=1S/C13H8ClN3OS/c14-9-4-11(12-5-19-6-16-12)17-10-3-7(13(15)18)1-2-8(9)10/h1-6H,(H2,15,18). The van der Waals surface area contributed by atoms with Crippen LogP contribution in [0.4, 0.5) is 0 Å². The van der Waals surface area contributed by atoms with Crippen molar-refractivity contribution in [3.05, 3.63) is 45.7 Å². The number of rotatable bonds is 2. The van der Waals surface area contributed by atoms with Gasteiger partial charge in [-0.2, -0.15) is 0 Å². The molecule has 0 unspecified atom stereocenters. The summed E-state index contributed by atoms with van der Waals surface area (Å²) in [4.78, 5) is 19.9. The maximum Gasteiger partial charge on any atom is 0.248 e. The second kappa shape index (κ2) is 4.60. The van der Waals surface area contributed by atoms with Crippen molar-refractivity contribution in [1.29, 1.82) is 0 Å². The molecule has 2 N–H and O–H groups in total. The number of benzene rings is 1. The number of nitrogens with zero attached hydrogens (tertiary/aromatic N) is 2. The lowest BCUT2D eigenvalue weighted by atomic mass is 10.1. The van der Waals surface area contributed by atoms with Gasteiger partial charge in [0.25, 0.3) is 0 Å². The Morgan fingerprint density at radius 3 is 2.79 bits per heavy atom. The van der Waals surface area contributed by atoms with Crippen LogP contribution in [-0.2, 0) is 0 Å². The van der Waals surface area contributed by atoms with E-state index in [4.69, 9.17) is 17.3 Å². The van der Waals surface area contributed by atoms with Gasteiger partial charge in [0.1, 0.15) is 0 Å². The molecule has 0 aliphatic carbocycles. The number of fused-ring (bicyclic) bond motifs is 1. The number of carbonyl (C=O) groups excluding carboxylic acids is 1. The molecule has 0 saturated carbocycles. The van der Waals surface area contributed by atoms with E-state index in [0.29, 0.717) is 21.8 Å². The first-order valence-electron chi connectivity index (χ1n) is 5.44. The van der Waals surface area contributed by atoms with Crippen LogP contribution in [0.1, 0.15) is 10.4 Å². The molecule has 4 nitrogen and oxygen atoms in total. The minimum Gasteiger partial charge on any atom is -0.366 e. The van der Waals surface area contributed by atoms with Gasteiger partial charge in [-0.25, -0.2) is 9.97 Å². The van der Waals surface area contributed by atoms with Gasteiger partial charge in [0.2, 0.25) is 5.91 Å².